The number of fused-ring (bicyclic) bond motifs is 1. The van der Waals surface area contributed by atoms with Gasteiger partial charge in [0.15, 0.2) is 17.3 Å². The molecule has 1 saturated carbocycles. The van der Waals surface area contributed by atoms with Crippen LogP contribution in [0.3, 0.4) is 0 Å². The summed E-state index contributed by atoms with van der Waals surface area (Å²) in [5, 5.41) is 15.0. The Bertz CT molecular complexity index is 884. The van der Waals surface area contributed by atoms with Gasteiger partial charge in [0.05, 0.1) is 17.5 Å². The van der Waals surface area contributed by atoms with Crippen LogP contribution < -0.4 is 5.73 Å². The van der Waals surface area contributed by atoms with Crippen LogP contribution in [0.1, 0.15) is 50.0 Å². The number of hydrogen-bond acceptors (Lipinski definition) is 7. The number of nitrogens with two attached hydrogens (primary N) is 1. The second kappa shape index (κ2) is 5.27. The highest BCUT2D eigenvalue weighted by Crippen LogP contribution is 2.37. The molecule has 126 valence electrons. The van der Waals surface area contributed by atoms with Crippen LogP contribution in [0.4, 0.5) is 5.82 Å². The number of nitrogens with zero attached hydrogens (tertiary/aromatic N) is 5. The topological polar surface area (TPSA) is 115 Å². The third kappa shape index (κ3) is 2.43. The average Bonchev–Trinajstić information content (AvgIpc) is 3.19. The number of aliphatic hydroxyl groups is 1. The van der Waals surface area contributed by atoms with E-state index in [9.17, 15) is 5.11 Å². The lowest BCUT2D eigenvalue weighted by atomic mass is 9.79. The zero-order valence-electron chi connectivity index (χ0n) is 13.7. The molecule has 2 atom stereocenters. The smallest absolute Gasteiger partial charge is 0.246 e. The molecule has 24 heavy (non-hydrogen) atoms. The summed E-state index contributed by atoms with van der Waals surface area (Å²) in [5.74, 6) is 1.52. The Morgan fingerprint density at radius 1 is 1.42 bits per heavy atom. The van der Waals surface area contributed by atoms with Crippen molar-refractivity contribution in [2.75, 3.05) is 5.73 Å². The predicted octanol–water partition coefficient (Wildman–Crippen LogP) is 2.08. The molecule has 0 bridgehead atoms. The molecule has 0 saturated heterocycles. The molecule has 0 aromatic carbocycles. The quantitative estimate of drug-likeness (QED) is 0.740. The molecule has 8 heteroatoms. The lowest BCUT2D eigenvalue weighted by Gasteiger charge is -2.32. The van der Waals surface area contributed by atoms with Gasteiger partial charge in [-0.05, 0) is 39.5 Å². The Hall–Kier alpha value is -2.48. The summed E-state index contributed by atoms with van der Waals surface area (Å²) in [4.78, 5) is 13.1. The number of nitrogen functional groups attached to an aromatic ring is 1. The van der Waals surface area contributed by atoms with E-state index in [0.29, 0.717) is 29.5 Å². The van der Waals surface area contributed by atoms with Crippen molar-refractivity contribution < 1.29 is 9.52 Å². The molecular formula is C16H20N6O2. The molecule has 3 aromatic heterocycles. The Kier molecular flexibility index (Phi) is 3.31. The van der Waals surface area contributed by atoms with Crippen LogP contribution in [-0.4, -0.2) is 35.3 Å². The zero-order valence-corrected chi connectivity index (χ0v) is 13.7. The summed E-state index contributed by atoms with van der Waals surface area (Å²) in [6, 6.07) is 0. The second-order valence-electron chi connectivity index (χ2n) is 6.76. The summed E-state index contributed by atoms with van der Waals surface area (Å²) in [6.07, 6.45) is 6.45. The van der Waals surface area contributed by atoms with Crippen molar-refractivity contribution in [2.24, 2.45) is 0 Å². The van der Waals surface area contributed by atoms with Crippen molar-refractivity contribution in [2.45, 2.75) is 51.0 Å². The van der Waals surface area contributed by atoms with Gasteiger partial charge in [-0.3, -0.25) is 0 Å². The van der Waals surface area contributed by atoms with E-state index in [4.69, 9.17) is 10.2 Å². The summed E-state index contributed by atoms with van der Waals surface area (Å²) in [6.45, 7) is 3.76. The fourth-order valence-corrected chi connectivity index (χ4v) is 3.48. The van der Waals surface area contributed by atoms with E-state index in [1.54, 1.807) is 10.7 Å². The highest BCUT2D eigenvalue weighted by Gasteiger charge is 2.33. The van der Waals surface area contributed by atoms with E-state index in [2.05, 4.69) is 20.1 Å². The van der Waals surface area contributed by atoms with Crippen molar-refractivity contribution in [3.05, 3.63) is 24.0 Å². The van der Waals surface area contributed by atoms with Gasteiger partial charge in [0, 0.05) is 5.92 Å². The summed E-state index contributed by atoms with van der Waals surface area (Å²) in [7, 11) is 0. The molecular weight excluding hydrogens is 308 g/mol. The Morgan fingerprint density at radius 3 is 2.96 bits per heavy atom. The molecule has 3 aromatic rings. The fraction of sp³-hybridized carbons (Fsp3) is 0.500. The van der Waals surface area contributed by atoms with Crippen LogP contribution >= 0.6 is 0 Å². The number of anilines is 1. The molecule has 8 nitrogen and oxygen atoms in total. The lowest BCUT2D eigenvalue weighted by Crippen LogP contribution is -2.31. The largest absolute Gasteiger partial charge is 0.443 e. The van der Waals surface area contributed by atoms with Crippen molar-refractivity contribution in [3.63, 3.8) is 0 Å². The maximum absolute atomic E-state index is 10.3. The first-order valence-electron chi connectivity index (χ1n) is 8.09. The number of hydrogen-bond donors (Lipinski definition) is 2. The summed E-state index contributed by atoms with van der Waals surface area (Å²) < 4.78 is 7.03. The van der Waals surface area contributed by atoms with Crippen LogP contribution in [-0.2, 0) is 0 Å². The first-order valence-corrected chi connectivity index (χ1v) is 8.09. The molecule has 0 spiro atoms. The van der Waals surface area contributed by atoms with E-state index < -0.39 is 5.60 Å². The Morgan fingerprint density at radius 2 is 2.25 bits per heavy atom. The average molecular weight is 328 g/mol. The van der Waals surface area contributed by atoms with Gasteiger partial charge in [0.25, 0.3) is 0 Å². The van der Waals surface area contributed by atoms with Gasteiger partial charge in [0.2, 0.25) is 5.89 Å². The second-order valence-corrected chi connectivity index (χ2v) is 6.76. The third-order valence-corrected chi connectivity index (χ3v) is 4.70. The molecule has 4 rings (SSSR count). The van der Waals surface area contributed by atoms with Crippen LogP contribution in [0.5, 0.6) is 0 Å². The van der Waals surface area contributed by atoms with E-state index in [-0.39, 0.29) is 11.7 Å². The summed E-state index contributed by atoms with van der Waals surface area (Å²) in [5.41, 5.74) is 7.26. The highest BCUT2D eigenvalue weighted by atomic mass is 16.3. The first kappa shape index (κ1) is 15.1. The van der Waals surface area contributed by atoms with E-state index in [1.165, 1.54) is 6.26 Å². The minimum atomic E-state index is -0.664. The third-order valence-electron chi connectivity index (χ3n) is 4.70. The van der Waals surface area contributed by atoms with Crippen molar-refractivity contribution in [1.29, 1.82) is 0 Å². The first-order chi connectivity index (χ1) is 11.4. The normalized spacial score (nSPS) is 24.5. The highest BCUT2D eigenvalue weighted by molar-refractivity contribution is 5.66. The van der Waals surface area contributed by atoms with Gasteiger partial charge < -0.3 is 15.3 Å². The SMILES string of the molecule is Cc1c(-c2ncco2)nc(N)c2nc([C@@H]3CCC[C@@](C)(O)C3)nn12. The molecule has 1 fully saturated rings. The molecule has 0 unspecified atom stereocenters. The number of aryl methyl sites for hydroxylation is 1. The van der Waals surface area contributed by atoms with Gasteiger partial charge in [-0.2, -0.15) is 5.10 Å². The van der Waals surface area contributed by atoms with Gasteiger partial charge in [0.1, 0.15) is 12.0 Å². The van der Waals surface area contributed by atoms with E-state index >= 15 is 0 Å². The maximum atomic E-state index is 10.3. The van der Waals surface area contributed by atoms with Crippen LogP contribution in [0, 0.1) is 6.92 Å². The standard InChI is InChI=1S/C16H20N6O2/c1-9-11(15-18-6-7-24-15)19-12(17)14-20-13(21-22(9)14)10-4-3-5-16(2,23)8-10/h6-7,10,23H,3-5,8H2,1-2H3,(H2,17,19)/t10-,16-/m1/s1. The van der Waals surface area contributed by atoms with Gasteiger partial charge in [-0.1, -0.05) is 0 Å². The minimum absolute atomic E-state index is 0.123. The minimum Gasteiger partial charge on any atom is -0.443 e. The van der Waals surface area contributed by atoms with Gasteiger partial charge >= 0.3 is 0 Å². The van der Waals surface area contributed by atoms with Crippen molar-refractivity contribution in [1.82, 2.24) is 24.6 Å². The molecule has 3 heterocycles. The summed E-state index contributed by atoms with van der Waals surface area (Å²) >= 11 is 0. The Balaban J connectivity index is 1.81. The molecule has 0 amide bonds. The van der Waals surface area contributed by atoms with Crippen LogP contribution in [0.15, 0.2) is 16.9 Å². The van der Waals surface area contributed by atoms with Crippen LogP contribution in [0.25, 0.3) is 17.2 Å². The molecule has 1 aliphatic rings. The van der Waals surface area contributed by atoms with Crippen molar-refractivity contribution in [3.8, 4) is 11.6 Å². The lowest BCUT2D eigenvalue weighted by molar-refractivity contribution is 0.0134. The fourth-order valence-electron chi connectivity index (χ4n) is 3.48. The van der Waals surface area contributed by atoms with Crippen LogP contribution in [0.2, 0.25) is 0 Å². The van der Waals surface area contributed by atoms with Gasteiger partial charge in [-0.25, -0.2) is 19.5 Å². The number of oxazole rings is 1. The number of rotatable bonds is 2. The monoisotopic (exact) mass is 328 g/mol. The van der Waals surface area contributed by atoms with Gasteiger partial charge in [-0.15, -0.1) is 0 Å². The zero-order chi connectivity index (χ0) is 16.9. The number of aromatic nitrogens is 5. The Labute approximate surface area is 138 Å². The van der Waals surface area contributed by atoms with Crippen molar-refractivity contribution >= 4 is 11.5 Å². The van der Waals surface area contributed by atoms with E-state index in [0.717, 1.165) is 25.0 Å². The molecule has 0 aliphatic heterocycles. The molecule has 0 radical (unpaired) electrons. The molecule has 1 aliphatic carbocycles. The van der Waals surface area contributed by atoms with E-state index in [1.807, 2.05) is 13.8 Å². The molecule has 3 N–H and O–H groups in total. The maximum Gasteiger partial charge on any atom is 0.246 e. The predicted molar refractivity (Wildman–Crippen MR) is 87.3 cm³/mol.